The maximum absolute atomic E-state index is 6.62. The van der Waals surface area contributed by atoms with Crippen LogP contribution in [0.4, 0.5) is 0 Å². The van der Waals surface area contributed by atoms with Crippen molar-refractivity contribution in [3.8, 4) is 56.2 Å². The summed E-state index contributed by atoms with van der Waals surface area (Å²) in [5.74, 6) is 0.646. The molecule has 0 aliphatic carbocycles. The lowest BCUT2D eigenvalue weighted by Crippen LogP contribution is -2.02. The van der Waals surface area contributed by atoms with E-state index in [0.29, 0.717) is 5.82 Å². The molecule has 3 aromatic heterocycles. The Morgan fingerprint density at radius 1 is 0.339 bits per heavy atom. The van der Waals surface area contributed by atoms with Crippen LogP contribution in [0, 0.1) is 6.92 Å². The Balaban J connectivity index is 1.16. The van der Waals surface area contributed by atoms with Crippen molar-refractivity contribution < 1.29 is 8.83 Å². The first-order valence-corrected chi connectivity index (χ1v) is 20.0. The van der Waals surface area contributed by atoms with Crippen LogP contribution >= 0.6 is 0 Å². The lowest BCUT2D eigenvalue weighted by Gasteiger charge is -2.17. The van der Waals surface area contributed by atoms with E-state index in [1.165, 1.54) is 5.39 Å². The molecule has 4 heteroatoms. The average Bonchev–Trinajstić information content (AvgIpc) is 3.87. The molecule has 0 aliphatic heterocycles. The van der Waals surface area contributed by atoms with Crippen molar-refractivity contribution in [3.05, 3.63) is 194 Å². The van der Waals surface area contributed by atoms with E-state index in [0.717, 1.165) is 116 Å². The van der Waals surface area contributed by atoms with E-state index in [2.05, 4.69) is 195 Å². The lowest BCUT2D eigenvalue weighted by molar-refractivity contribution is 0.669. The van der Waals surface area contributed by atoms with E-state index < -0.39 is 0 Å². The number of nitrogens with zero attached hydrogens (tertiary/aromatic N) is 2. The van der Waals surface area contributed by atoms with Crippen molar-refractivity contribution in [1.29, 1.82) is 0 Å². The third kappa shape index (κ3) is 5.23. The second-order valence-corrected chi connectivity index (χ2v) is 15.2. The third-order valence-corrected chi connectivity index (χ3v) is 11.9. The maximum atomic E-state index is 6.62. The molecule has 0 aliphatic rings. The Morgan fingerprint density at radius 2 is 0.847 bits per heavy atom. The van der Waals surface area contributed by atoms with Crippen LogP contribution in [-0.2, 0) is 0 Å². The van der Waals surface area contributed by atoms with Gasteiger partial charge in [-0.15, -0.1) is 0 Å². The molecule has 0 atom stereocenters. The van der Waals surface area contributed by atoms with Gasteiger partial charge in [-0.2, -0.15) is 0 Å². The van der Waals surface area contributed by atoms with Crippen LogP contribution in [0.3, 0.4) is 0 Å². The van der Waals surface area contributed by atoms with Crippen LogP contribution in [-0.4, -0.2) is 9.97 Å². The summed E-state index contributed by atoms with van der Waals surface area (Å²) in [7, 11) is 0. The van der Waals surface area contributed by atoms with Crippen LogP contribution < -0.4 is 0 Å². The summed E-state index contributed by atoms with van der Waals surface area (Å²) in [4.78, 5) is 11.1. The van der Waals surface area contributed by atoms with Crippen LogP contribution in [0.25, 0.3) is 122 Å². The molecular formula is C55H34N2O2. The summed E-state index contributed by atoms with van der Waals surface area (Å²) >= 11 is 0. The smallest absolute Gasteiger partial charge is 0.161 e. The van der Waals surface area contributed by atoms with E-state index in [4.69, 9.17) is 18.8 Å². The zero-order valence-electron chi connectivity index (χ0n) is 32.1. The minimum Gasteiger partial charge on any atom is -0.456 e. The van der Waals surface area contributed by atoms with E-state index in [1.54, 1.807) is 0 Å². The number of rotatable bonds is 5. The molecule has 4 nitrogen and oxygen atoms in total. The molecule has 59 heavy (non-hydrogen) atoms. The summed E-state index contributed by atoms with van der Waals surface area (Å²) in [6, 6.07) is 65.8. The van der Waals surface area contributed by atoms with Gasteiger partial charge >= 0.3 is 0 Å². The number of fused-ring (bicyclic) bond motifs is 8. The highest BCUT2D eigenvalue weighted by Gasteiger charge is 2.24. The minimum atomic E-state index is 0.646. The highest BCUT2D eigenvalue weighted by atomic mass is 16.3. The summed E-state index contributed by atoms with van der Waals surface area (Å²) in [5.41, 5.74) is 13.5. The van der Waals surface area contributed by atoms with Crippen molar-refractivity contribution in [1.82, 2.24) is 9.97 Å². The second kappa shape index (κ2) is 13.1. The monoisotopic (exact) mass is 754 g/mol. The Hall–Kier alpha value is -7.82. The second-order valence-electron chi connectivity index (χ2n) is 15.2. The van der Waals surface area contributed by atoms with E-state index in [9.17, 15) is 0 Å². The van der Waals surface area contributed by atoms with E-state index in [-0.39, 0.29) is 0 Å². The highest BCUT2D eigenvalue weighted by Crippen LogP contribution is 2.46. The topological polar surface area (TPSA) is 52.1 Å². The molecule has 0 saturated heterocycles. The molecule has 0 bridgehead atoms. The first-order chi connectivity index (χ1) is 29.2. The van der Waals surface area contributed by atoms with Crippen LogP contribution in [0.5, 0.6) is 0 Å². The molecule has 12 rings (SSSR count). The molecule has 0 unspecified atom stereocenters. The Labute approximate surface area is 339 Å². The van der Waals surface area contributed by atoms with Gasteiger partial charge in [0.2, 0.25) is 0 Å². The fourth-order valence-electron chi connectivity index (χ4n) is 9.16. The number of furan rings is 2. The van der Waals surface area contributed by atoms with Gasteiger partial charge in [-0.1, -0.05) is 158 Å². The first kappa shape index (κ1) is 33.3. The lowest BCUT2D eigenvalue weighted by atomic mass is 9.92. The minimum absolute atomic E-state index is 0.646. The van der Waals surface area contributed by atoms with Gasteiger partial charge in [0.05, 0.1) is 11.4 Å². The third-order valence-electron chi connectivity index (χ3n) is 11.9. The van der Waals surface area contributed by atoms with Crippen molar-refractivity contribution in [2.45, 2.75) is 6.92 Å². The number of hydrogen-bond donors (Lipinski definition) is 0. The molecule has 0 amide bonds. The largest absolute Gasteiger partial charge is 0.456 e. The zero-order chi connectivity index (χ0) is 39.0. The van der Waals surface area contributed by atoms with Crippen LogP contribution in [0.1, 0.15) is 5.56 Å². The van der Waals surface area contributed by atoms with Gasteiger partial charge in [0.15, 0.2) is 5.82 Å². The van der Waals surface area contributed by atoms with Gasteiger partial charge in [-0.3, -0.25) is 0 Å². The standard InChI is InChI=1S/C55H34N2O2/c1-33-53(42-26-11-20-34-17-7-8-21-38(34)42)56-55(57-54(33)44-27-14-30-48-52(44)51-39(24-12-29-47(51)58-48)35-15-3-2-4-16-35)43-23-10-9-22-40(43)41-25-13-28-46-50(41)45-31-36-18-5-6-19-37(36)32-49(45)59-46/h2-32H,1H3. The summed E-state index contributed by atoms with van der Waals surface area (Å²) in [6.07, 6.45) is 0. The van der Waals surface area contributed by atoms with E-state index >= 15 is 0 Å². The van der Waals surface area contributed by atoms with Crippen molar-refractivity contribution in [2.24, 2.45) is 0 Å². The molecule has 3 heterocycles. The molecule has 9 aromatic carbocycles. The number of hydrogen-bond acceptors (Lipinski definition) is 4. The van der Waals surface area contributed by atoms with Gasteiger partial charge in [0, 0.05) is 43.8 Å². The molecule has 12 aromatic rings. The maximum Gasteiger partial charge on any atom is 0.161 e. The quantitative estimate of drug-likeness (QED) is 0.176. The zero-order valence-corrected chi connectivity index (χ0v) is 32.1. The summed E-state index contributed by atoms with van der Waals surface area (Å²) in [5, 5.41) is 8.89. The number of aromatic nitrogens is 2. The summed E-state index contributed by atoms with van der Waals surface area (Å²) in [6.45, 7) is 2.16. The first-order valence-electron chi connectivity index (χ1n) is 20.0. The highest BCUT2D eigenvalue weighted by molar-refractivity contribution is 6.19. The van der Waals surface area contributed by atoms with Gasteiger partial charge in [0.1, 0.15) is 22.3 Å². The van der Waals surface area contributed by atoms with Gasteiger partial charge in [-0.25, -0.2) is 9.97 Å². The van der Waals surface area contributed by atoms with Crippen molar-refractivity contribution in [3.63, 3.8) is 0 Å². The molecule has 0 spiro atoms. The fourth-order valence-corrected chi connectivity index (χ4v) is 9.16. The number of benzene rings is 9. The normalized spacial score (nSPS) is 11.8. The summed E-state index contributed by atoms with van der Waals surface area (Å²) < 4.78 is 13.2. The molecule has 0 radical (unpaired) electrons. The van der Waals surface area contributed by atoms with Crippen molar-refractivity contribution >= 4 is 65.4 Å². The van der Waals surface area contributed by atoms with Crippen LogP contribution in [0.2, 0.25) is 0 Å². The molecule has 0 fully saturated rings. The van der Waals surface area contributed by atoms with Gasteiger partial charge in [-0.05, 0) is 81.1 Å². The molecular weight excluding hydrogens is 721 g/mol. The predicted molar refractivity (Wildman–Crippen MR) is 244 cm³/mol. The Kier molecular flexibility index (Phi) is 7.41. The fraction of sp³-hybridized carbons (Fsp3) is 0.0182. The van der Waals surface area contributed by atoms with Gasteiger partial charge in [0.25, 0.3) is 0 Å². The molecule has 0 saturated carbocycles. The Morgan fingerprint density at radius 3 is 1.63 bits per heavy atom. The molecule has 0 N–H and O–H groups in total. The SMILES string of the molecule is Cc1c(-c2cccc3ccccc23)nc(-c2ccccc2-c2cccc3oc4cc5ccccc5cc4c23)nc1-c1cccc2oc3cccc(-c4ccccc4)c3c12. The van der Waals surface area contributed by atoms with Crippen LogP contribution in [0.15, 0.2) is 197 Å². The van der Waals surface area contributed by atoms with Gasteiger partial charge < -0.3 is 8.83 Å². The Bertz CT molecular complexity index is 3630. The van der Waals surface area contributed by atoms with Crippen molar-refractivity contribution in [2.75, 3.05) is 0 Å². The van der Waals surface area contributed by atoms with E-state index in [1.807, 2.05) is 0 Å². The molecule has 276 valence electrons. The average molecular weight is 755 g/mol. The predicted octanol–water partition coefficient (Wildman–Crippen LogP) is 15.2.